The third kappa shape index (κ3) is 3.79. The Labute approximate surface area is 130 Å². The summed E-state index contributed by atoms with van der Waals surface area (Å²) < 4.78 is 0. The van der Waals surface area contributed by atoms with E-state index in [1.165, 1.54) is 0 Å². The van der Waals surface area contributed by atoms with Gasteiger partial charge in [0.15, 0.2) is 0 Å². The van der Waals surface area contributed by atoms with Gasteiger partial charge < -0.3 is 10.2 Å². The first-order valence-electron chi connectivity index (χ1n) is 7.10. The number of halogens is 2. The topological polar surface area (TPSA) is 43.7 Å². The molecule has 1 fully saturated rings. The molecule has 0 aliphatic heterocycles. The van der Waals surface area contributed by atoms with Crippen molar-refractivity contribution in [3.05, 3.63) is 27.7 Å². The van der Waals surface area contributed by atoms with Crippen LogP contribution in [0, 0.1) is 0 Å². The summed E-state index contributed by atoms with van der Waals surface area (Å²) in [4.78, 5) is 2.31. The quantitative estimate of drug-likeness (QED) is 0.887. The molecule has 2 rings (SSSR count). The van der Waals surface area contributed by atoms with Crippen molar-refractivity contribution in [2.45, 2.75) is 51.3 Å². The Balaban J connectivity index is 2.10. The first kappa shape index (κ1) is 15.9. The van der Waals surface area contributed by atoms with E-state index in [9.17, 15) is 10.2 Å². The maximum Gasteiger partial charge on any atom is 0.138 e. The van der Waals surface area contributed by atoms with Crippen molar-refractivity contribution >= 4 is 23.2 Å². The van der Waals surface area contributed by atoms with Gasteiger partial charge in [-0.05, 0) is 44.4 Å². The zero-order valence-corrected chi connectivity index (χ0v) is 13.2. The number of hydrogen-bond acceptors (Lipinski definition) is 3. The molecule has 0 saturated heterocycles. The van der Waals surface area contributed by atoms with E-state index in [-0.39, 0.29) is 11.9 Å². The fraction of sp³-hybridized carbons (Fsp3) is 0.600. The van der Waals surface area contributed by atoms with Crippen LogP contribution in [0.15, 0.2) is 12.1 Å². The number of aliphatic hydroxyl groups is 1. The summed E-state index contributed by atoms with van der Waals surface area (Å²) in [6, 6.07) is 3.76. The largest absolute Gasteiger partial charge is 0.506 e. The average molecular weight is 318 g/mol. The van der Waals surface area contributed by atoms with Gasteiger partial charge in [0.1, 0.15) is 5.75 Å². The van der Waals surface area contributed by atoms with Crippen LogP contribution in [-0.4, -0.2) is 33.8 Å². The molecule has 1 saturated carbocycles. The molecule has 112 valence electrons. The van der Waals surface area contributed by atoms with Crippen LogP contribution in [0.5, 0.6) is 5.75 Å². The van der Waals surface area contributed by atoms with Gasteiger partial charge in [-0.3, -0.25) is 4.90 Å². The predicted molar refractivity (Wildman–Crippen MR) is 82.5 cm³/mol. The molecule has 5 heteroatoms. The molecule has 1 aliphatic rings. The van der Waals surface area contributed by atoms with Crippen LogP contribution >= 0.6 is 23.2 Å². The minimum absolute atomic E-state index is 0.116. The Morgan fingerprint density at radius 3 is 2.45 bits per heavy atom. The smallest absolute Gasteiger partial charge is 0.138 e. The molecule has 3 nitrogen and oxygen atoms in total. The van der Waals surface area contributed by atoms with Gasteiger partial charge in [-0.2, -0.15) is 0 Å². The number of aromatic hydroxyl groups is 1. The maximum absolute atomic E-state index is 10.0. The first-order valence-corrected chi connectivity index (χ1v) is 7.85. The zero-order chi connectivity index (χ0) is 14.7. The Hall–Kier alpha value is -0.480. The molecule has 1 aromatic rings. The van der Waals surface area contributed by atoms with Crippen LogP contribution in [0.2, 0.25) is 10.0 Å². The lowest BCUT2D eigenvalue weighted by atomic mass is 9.91. The molecule has 0 atom stereocenters. The highest BCUT2D eigenvalue weighted by molar-refractivity contribution is 6.35. The summed E-state index contributed by atoms with van der Waals surface area (Å²) in [7, 11) is 0. The minimum atomic E-state index is -0.154. The lowest BCUT2D eigenvalue weighted by Gasteiger charge is -2.35. The number of nitrogens with zero attached hydrogens (tertiary/aromatic N) is 1. The van der Waals surface area contributed by atoms with Crippen LogP contribution in [0.4, 0.5) is 0 Å². The van der Waals surface area contributed by atoms with Crippen LogP contribution in [0.1, 0.15) is 38.2 Å². The molecule has 0 bridgehead atoms. The van der Waals surface area contributed by atoms with Crippen molar-refractivity contribution in [3.8, 4) is 5.75 Å². The third-order valence-electron chi connectivity index (χ3n) is 4.07. The Kier molecular flexibility index (Phi) is 5.56. The van der Waals surface area contributed by atoms with Gasteiger partial charge in [0.25, 0.3) is 0 Å². The Morgan fingerprint density at radius 2 is 1.85 bits per heavy atom. The van der Waals surface area contributed by atoms with Crippen LogP contribution in [0.25, 0.3) is 0 Å². The molecular formula is C15H21Cl2NO2. The van der Waals surface area contributed by atoms with Gasteiger partial charge in [-0.1, -0.05) is 30.1 Å². The van der Waals surface area contributed by atoms with E-state index < -0.39 is 0 Å². The number of rotatable bonds is 4. The van der Waals surface area contributed by atoms with Crippen molar-refractivity contribution in [2.75, 3.05) is 6.54 Å². The van der Waals surface area contributed by atoms with E-state index in [1.807, 2.05) is 0 Å². The summed E-state index contributed by atoms with van der Waals surface area (Å²) >= 11 is 12.0. The van der Waals surface area contributed by atoms with Crippen LogP contribution in [0.3, 0.4) is 0 Å². The maximum atomic E-state index is 10.0. The summed E-state index contributed by atoms with van der Waals surface area (Å²) in [5.41, 5.74) is 0.760. The highest BCUT2D eigenvalue weighted by Gasteiger charge is 2.24. The van der Waals surface area contributed by atoms with Gasteiger partial charge in [0, 0.05) is 23.2 Å². The van der Waals surface area contributed by atoms with Crippen LogP contribution < -0.4 is 0 Å². The van der Waals surface area contributed by atoms with Gasteiger partial charge in [0.05, 0.1) is 11.1 Å². The van der Waals surface area contributed by atoms with Crippen molar-refractivity contribution in [3.63, 3.8) is 0 Å². The summed E-state index contributed by atoms with van der Waals surface area (Å²) in [5.74, 6) is 0.116. The number of phenols is 1. The third-order valence-corrected chi connectivity index (χ3v) is 4.58. The zero-order valence-electron chi connectivity index (χ0n) is 11.6. The normalized spacial score (nSPS) is 23.2. The molecular weight excluding hydrogens is 297 g/mol. The second-order valence-corrected chi connectivity index (χ2v) is 6.26. The van der Waals surface area contributed by atoms with E-state index in [2.05, 4.69) is 11.8 Å². The molecule has 2 N–H and O–H groups in total. The monoisotopic (exact) mass is 317 g/mol. The Bertz CT molecular complexity index is 459. The SMILES string of the molecule is CCN(Cc1cc(Cl)cc(Cl)c1O)C1CCC(O)CC1. The first-order chi connectivity index (χ1) is 9.51. The van der Waals surface area contributed by atoms with E-state index in [1.54, 1.807) is 12.1 Å². The second kappa shape index (κ2) is 6.99. The number of hydrogen-bond donors (Lipinski definition) is 2. The molecule has 0 radical (unpaired) electrons. The molecule has 1 aromatic carbocycles. The summed E-state index contributed by atoms with van der Waals surface area (Å²) in [6.45, 7) is 3.63. The van der Waals surface area contributed by atoms with Gasteiger partial charge in [-0.25, -0.2) is 0 Å². The van der Waals surface area contributed by atoms with E-state index in [0.29, 0.717) is 22.6 Å². The summed E-state index contributed by atoms with van der Waals surface area (Å²) in [5, 5.41) is 20.5. The van der Waals surface area contributed by atoms with Gasteiger partial charge >= 0.3 is 0 Å². The summed E-state index contributed by atoms with van der Waals surface area (Å²) in [6.07, 6.45) is 3.53. The molecule has 20 heavy (non-hydrogen) atoms. The van der Waals surface area contributed by atoms with E-state index >= 15 is 0 Å². The highest BCUT2D eigenvalue weighted by atomic mass is 35.5. The average Bonchev–Trinajstić information content (AvgIpc) is 2.42. The highest BCUT2D eigenvalue weighted by Crippen LogP contribution is 2.33. The van der Waals surface area contributed by atoms with E-state index in [0.717, 1.165) is 37.8 Å². The van der Waals surface area contributed by atoms with Gasteiger partial charge in [-0.15, -0.1) is 0 Å². The number of phenolic OH excluding ortho intramolecular Hbond substituents is 1. The molecule has 0 unspecified atom stereocenters. The van der Waals surface area contributed by atoms with Gasteiger partial charge in [0.2, 0.25) is 0 Å². The molecule has 0 spiro atoms. The van der Waals surface area contributed by atoms with Crippen molar-refractivity contribution in [2.24, 2.45) is 0 Å². The van der Waals surface area contributed by atoms with E-state index in [4.69, 9.17) is 23.2 Å². The van der Waals surface area contributed by atoms with Crippen molar-refractivity contribution in [1.29, 1.82) is 0 Å². The molecule has 0 heterocycles. The fourth-order valence-corrected chi connectivity index (χ4v) is 3.42. The van der Waals surface area contributed by atoms with Crippen LogP contribution in [-0.2, 0) is 6.54 Å². The molecule has 0 amide bonds. The molecule has 0 aromatic heterocycles. The number of benzene rings is 1. The fourth-order valence-electron chi connectivity index (χ4n) is 2.88. The second-order valence-electron chi connectivity index (χ2n) is 5.42. The Morgan fingerprint density at radius 1 is 1.20 bits per heavy atom. The number of aliphatic hydroxyl groups excluding tert-OH is 1. The molecule has 1 aliphatic carbocycles. The van der Waals surface area contributed by atoms with Crippen molar-refractivity contribution < 1.29 is 10.2 Å². The lowest BCUT2D eigenvalue weighted by Crippen LogP contribution is -2.38. The minimum Gasteiger partial charge on any atom is -0.506 e. The standard InChI is InChI=1S/C15H21Cl2NO2/c1-2-18(12-3-5-13(19)6-4-12)9-10-7-11(16)8-14(17)15(10)20/h7-8,12-13,19-20H,2-6,9H2,1H3. The van der Waals surface area contributed by atoms with Crippen molar-refractivity contribution in [1.82, 2.24) is 4.90 Å². The lowest BCUT2D eigenvalue weighted by molar-refractivity contribution is 0.0724. The predicted octanol–water partition coefficient (Wildman–Crippen LogP) is 3.82.